The van der Waals surface area contributed by atoms with Gasteiger partial charge in [0.05, 0.1) is 11.4 Å². The molecular formula is C15H23ClN2O2S. The molecule has 1 fully saturated rings. The van der Waals surface area contributed by atoms with Crippen LogP contribution in [0.3, 0.4) is 0 Å². The Labute approximate surface area is 133 Å². The van der Waals surface area contributed by atoms with Crippen LogP contribution in [0.4, 0.5) is 11.4 Å². The van der Waals surface area contributed by atoms with Gasteiger partial charge >= 0.3 is 0 Å². The zero-order chi connectivity index (χ0) is 14.2. The molecule has 1 aromatic rings. The van der Waals surface area contributed by atoms with E-state index in [-0.39, 0.29) is 18.2 Å². The molecule has 118 valence electrons. The second-order valence-corrected chi connectivity index (χ2v) is 7.94. The summed E-state index contributed by atoms with van der Waals surface area (Å²) in [6.07, 6.45) is 6.17. The molecule has 21 heavy (non-hydrogen) atoms. The fourth-order valence-corrected chi connectivity index (χ4v) is 4.84. The van der Waals surface area contributed by atoms with Crippen molar-refractivity contribution in [3.05, 3.63) is 23.8 Å². The van der Waals surface area contributed by atoms with Crippen molar-refractivity contribution in [1.82, 2.24) is 0 Å². The largest absolute Gasteiger partial charge is 0.398 e. The van der Waals surface area contributed by atoms with Crippen molar-refractivity contribution < 1.29 is 8.42 Å². The molecule has 0 spiro atoms. The molecule has 0 bridgehead atoms. The molecule has 4 nitrogen and oxygen atoms in total. The number of fused-ring (bicyclic) bond motifs is 1. The van der Waals surface area contributed by atoms with Gasteiger partial charge in [0, 0.05) is 12.2 Å². The highest BCUT2D eigenvalue weighted by Crippen LogP contribution is 2.35. The van der Waals surface area contributed by atoms with E-state index in [4.69, 9.17) is 5.73 Å². The summed E-state index contributed by atoms with van der Waals surface area (Å²) in [5.74, 6) is 0.890. The van der Waals surface area contributed by atoms with Crippen molar-refractivity contribution in [2.24, 2.45) is 5.92 Å². The summed E-state index contributed by atoms with van der Waals surface area (Å²) < 4.78 is 26.8. The Bertz CT molecular complexity index is 600. The van der Waals surface area contributed by atoms with E-state index in [1.165, 1.54) is 19.3 Å². The highest BCUT2D eigenvalue weighted by Gasteiger charge is 2.29. The maximum absolute atomic E-state index is 12.6. The number of halogens is 1. The van der Waals surface area contributed by atoms with Crippen LogP contribution >= 0.6 is 12.4 Å². The van der Waals surface area contributed by atoms with Crippen LogP contribution in [-0.4, -0.2) is 20.7 Å². The molecule has 3 rings (SSSR count). The fraction of sp³-hybridized carbons (Fsp3) is 0.600. The molecule has 0 radical (unpaired) electrons. The van der Waals surface area contributed by atoms with Crippen LogP contribution in [0, 0.1) is 5.92 Å². The number of nitrogens with two attached hydrogens (primary N) is 1. The number of hydrogen-bond acceptors (Lipinski definition) is 3. The van der Waals surface area contributed by atoms with Crippen molar-refractivity contribution >= 4 is 33.8 Å². The van der Waals surface area contributed by atoms with Gasteiger partial charge in [-0.05, 0) is 42.9 Å². The summed E-state index contributed by atoms with van der Waals surface area (Å²) in [6.45, 7) is 0.587. The summed E-state index contributed by atoms with van der Waals surface area (Å²) >= 11 is 0. The Morgan fingerprint density at radius 1 is 1.24 bits per heavy atom. The highest BCUT2D eigenvalue weighted by atomic mass is 35.5. The Hall–Kier alpha value is -0.940. The number of benzene rings is 1. The van der Waals surface area contributed by atoms with Crippen molar-refractivity contribution in [2.45, 2.75) is 38.5 Å². The molecule has 2 aliphatic rings. The van der Waals surface area contributed by atoms with E-state index in [9.17, 15) is 8.42 Å². The summed E-state index contributed by atoms with van der Waals surface area (Å²) in [5, 5.41) is 0. The standard InChI is InChI=1S/C15H22N2O2S.ClH/c16-14-7-2-8-15-13(14)6-3-10-17(15)20(18,19)11-9-12-4-1-5-12;/h2,7-8,12H,1,3-6,9-11,16H2;1H. The third-order valence-electron chi connectivity index (χ3n) is 4.59. The van der Waals surface area contributed by atoms with Gasteiger partial charge in [-0.15, -0.1) is 12.4 Å². The van der Waals surface area contributed by atoms with Crippen LogP contribution in [-0.2, 0) is 16.4 Å². The summed E-state index contributed by atoms with van der Waals surface area (Å²) in [6, 6.07) is 5.57. The minimum Gasteiger partial charge on any atom is -0.398 e. The van der Waals surface area contributed by atoms with Crippen LogP contribution < -0.4 is 10.0 Å². The number of anilines is 2. The number of rotatable bonds is 4. The first-order valence-corrected chi connectivity index (χ1v) is 9.06. The van der Waals surface area contributed by atoms with Crippen LogP contribution in [0.2, 0.25) is 0 Å². The SMILES string of the molecule is Cl.Nc1cccc2c1CCCN2S(=O)(=O)CCC1CCC1. The smallest absolute Gasteiger partial charge is 0.235 e. The van der Waals surface area contributed by atoms with Crippen molar-refractivity contribution in [3.63, 3.8) is 0 Å². The van der Waals surface area contributed by atoms with Crippen LogP contribution in [0.5, 0.6) is 0 Å². The lowest BCUT2D eigenvalue weighted by Gasteiger charge is -2.32. The van der Waals surface area contributed by atoms with Gasteiger partial charge in [-0.3, -0.25) is 4.31 Å². The Morgan fingerprint density at radius 2 is 2.00 bits per heavy atom. The van der Waals surface area contributed by atoms with Gasteiger partial charge in [0.2, 0.25) is 10.0 Å². The lowest BCUT2D eigenvalue weighted by Crippen LogP contribution is -2.38. The first-order valence-electron chi connectivity index (χ1n) is 7.46. The van der Waals surface area contributed by atoms with Crippen LogP contribution in [0.25, 0.3) is 0 Å². The third-order valence-corrected chi connectivity index (χ3v) is 6.39. The van der Waals surface area contributed by atoms with E-state index in [2.05, 4.69) is 0 Å². The maximum atomic E-state index is 12.6. The molecule has 0 aromatic heterocycles. The molecule has 0 unspecified atom stereocenters. The lowest BCUT2D eigenvalue weighted by atomic mass is 9.84. The average Bonchev–Trinajstić information content (AvgIpc) is 2.36. The number of nitrogens with zero attached hydrogens (tertiary/aromatic N) is 1. The van der Waals surface area contributed by atoms with Crippen molar-refractivity contribution in [1.29, 1.82) is 0 Å². The topological polar surface area (TPSA) is 63.4 Å². The minimum atomic E-state index is -3.21. The van der Waals surface area contributed by atoms with Gasteiger partial charge < -0.3 is 5.73 Å². The number of hydrogen-bond donors (Lipinski definition) is 1. The summed E-state index contributed by atoms with van der Waals surface area (Å²) in [4.78, 5) is 0. The number of sulfonamides is 1. The molecule has 0 amide bonds. The molecular weight excluding hydrogens is 308 g/mol. The predicted octanol–water partition coefficient (Wildman–Crippen LogP) is 2.96. The van der Waals surface area contributed by atoms with Gasteiger partial charge in [0.1, 0.15) is 0 Å². The van der Waals surface area contributed by atoms with Gasteiger partial charge in [0.15, 0.2) is 0 Å². The molecule has 6 heteroatoms. The average molecular weight is 331 g/mol. The fourth-order valence-electron chi connectivity index (χ4n) is 3.11. The van der Waals surface area contributed by atoms with Crippen LogP contribution in [0.1, 0.15) is 37.7 Å². The van der Waals surface area contributed by atoms with E-state index in [1.807, 2.05) is 18.2 Å². The summed E-state index contributed by atoms with van der Waals surface area (Å²) in [5.41, 5.74) is 8.48. The molecule has 0 saturated heterocycles. The van der Waals surface area contributed by atoms with Crippen molar-refractivity contribution in [3.8, 4) is 0 Å². The zero-order valence-electron chi connectivity index (χ0n) is 12.1. The molecule has 0 atom stereocenters. The molecule has 1 aliphatic heterocycles. The molecule has 1 aliphatic carbocycles. The van der Waals surface area contributed by atoms with Gasteiger partial charge in [-0.2, -0.15) is 0 Å². The van der Waals surface area contributed by atoms with Crippen LogP contribution in [0.15, 0.2) is 18.2 Å². The molecule has 1 heterocycles. The molecule has 1 saturated carbocycles. The van der Waals surface area contributed by atoms with Gasteiger partial charge in [-0.25, -0.2) is 8.42 Å². The Kier molecular flexibility index (Phi) is 5.04. The third kappa shape index (κ3) is 3.29. The van der Waals surface area contributed by atoms with E-state index in [0.29, 0.717) is 18.2 Å². The van der Waals surface area contributed by atoms with E-state index in [1.54, 1.807) is 4.31 Å². The van der Waals surface area contributed by atoms with Crippen molar-refractivity contribution in [2.75, 3.05) is 22.3 Å². The lowest BCUT2D eigenvalue weighted by molar-refractivity contribution is 0.307. The molecule has 1 aromatic carbocycles. The Balaban J connectivity index is 0.00000161. The van der Waals surface area contributed by atoms with Gasteiger partial charge in [-0.1, -0.05) is 25.3 Å². The minimum absolute atomic E-state index is 0. The first-order chi connectivity index (χ1) is 9.58. The normalized spacial score (nSPS) is 18.6. The second-order valence-electron chi connectivity index (χ2n) is 5.92. The highest BCUT2D eigenvalue weighted by molar-refractivity contribution is 7.92. The van der Waals surface area contributed by atoms with E-state index < -0.39 is 10.0 Å². The number of nitrogen functional groups attached to an aromatic ring is 1. The van der Waals surface area contributed by atoms with E-state index >= 15 is 0 Å². The predicted molar refractivity (Wildman–Crippen MR) is 89.5 cm³/mol. The Morgan fingerprint density at radius 3 is 2.67 bits per heavy atom. The van der Waals surface area contributed by atoms with Gasteiger partial charge in [0.25, 0.3) is 0 Å². The zero-order valence-corrected chi connectivity index (χ0v) is 13.8. The molecule has 2 N–H and O–H groups in total. The maximum Gasteiger partial charge on any atom is 0.235 e. The first kappa shape index (κ1) is 16.4. The monoisotopic (exact) mass is 330 g/mol. The summed E-state index contributed by atoms with van der Waals surface area (Å²) in [7, 11) is -3.21. The second kappa shape index (κ2) is 6.44. The van der Waals surface area contributed by atoms with E-state index in [0.717, 1.165) is 30.5 Å². The quantitative estimate of drug-likeness (QED) is 0.863.